The van der Waals surface area contributed by atoms with E-state index in [0.717, 1.165) is 0 Å². The molecule has 2 rings (SSSR count). The molecule has 1 amide bonds. The summed E-state index contributed by atoms with van der Waals surface area (Å²) in [6, 6.07) is -0.867. The smallest absolute Gasteiger partial charge is 0.391 e. The van der Waals surface area contributed by atoms with Crippen molar-refractivity contribution in [1.82, 2.24) is 4.90 Å². The first-order valence-corrected chi connectivity index (χ1v) is 6.90. The minimum absolute atomic E-state index is 0.0651. The van der Waals surface area contributed by atoms with Gasteiger partial charge in [-0.15, -0.1) is 0 Å². The van der Waals surface area contributed by atoms with E-state index in [2.05, 4.69) is 0 Å². The normalized spacial score (nSPS) is 31.4. The van der Waals surface area contributed by atoms with Crippen LogP contribution in [0, 0.1) is 11.8 Å². The molecule has 7 heteroatoms. The Morgan fingerprint density at radius 1 is 1.10 bits per heavy atom. The molecule has 2 unspecified atom stereocenters. The van der Waals surface area contributed by atoms with Crippen molar-refractivity contribution in [3.63, 3.8) is 0 Å². The standard InChI is InChI=1S/C13H18F3NO3/c14-13(15,16)9-4-1-3-8(7-9)11(18)17-6-2-5-10(17)12(19)20/h8-10H,1-7H2,(H,19,20)/t8?,9?,10-/m1/s1. The lowest BCUT2D eigenvalue weighted by atomic mass is 9.80. The second-order valence-electron chi connectivity index (χ2n) is 5.63. The highest BCUT2D eigenvalue weighted by atomic mass is 19.4. The van der Waals surface area contributed by atoms with Gasteiger partial charge in [0.1, 0.15) is 6.04 Å². The van der Waals surface area contributed by atoms with E-state index in [1.165, 1.54) is 4.90 Å². The van der Waals surface area contributed by atoms with Crippen LogP contribution in [0.3, 0.4) is 0 Å². The number of nitrogens with zero attached hydrogens (tertiary/aromatic N) is 1. The first-order chi connectivity index (χ1) is 9.30. The number of likely N-dealkylation sites (tertiary alicyclic amines) is 1. The van der Waals surface area contributed by atoms with Crippen molar-refractivity contribution in [3.8, 4) is 0 Å². The van der Waals surface area contributed by atoms with E-state index in [9.17, 15) is 22.8 Å². The molecule has 0 aromatic heterocycles. The zero-order valence-corrected chi connectivity index (χ0v) is 11.0. The molecule has 0 spiro atoms. The highest BCUT2D eigenvalue weighted by Gasteiger charge is 2.45. The third-order valence-corrected chi connectivity index (χ3v) is 4.31. The molecule has 0 aromatic carbocycles. The van der Waals surface area contributed by atoms with E-state index in [0.29, 0.717) is 32.2 Å². The summed E-state index contributed by atoms with van der Waals surface area (Å²) in [6.07, 6.45) is -2.63. The Kier molecular flexibility index (Phi) is 4.25. The molecule has 2 aliphatic rings. The first kappa shape index (κ1) is 15.1. The first-order valence-electron chi connectivity index (χ1n) is 6.90. The van der Waals surface area contributed by atoms with Crippen LogP contribution in [0.25, 0.3) is 0 Å². The second-order valence-corrected chi connectivity index (χ2v) is 5.63. The van der Waals surface area contributed by atoms with Gasteiger partial charge in [-0.05, 0) is 32.1 Å². The lowest BCUT2D eigenvalue weighted by Crippen LogP contribution is -2.45. The average Bonchev–Trinajstić information content (AvgIpc) is 2.86. The second kappa shape index (κ2) is 5.61. The number of amides is 1. The quantitative estimate of drug-likeness (QED) is 0.850. The van der Waals surface area contributed by atoms with Crippen LogP contribution < -0.4 is 0 Å². The fourth-order valence-electron chi connectivity index (χ4n) is 3.23. The lowest BCUT2D eigenvalue weighted by Gasteiger charge is -2.33. The van der Waals surface area contributed by atoms with E-state index >= 15 is 0 Å². The monoisotopic (exact) mass is 293 g/mol. The molecular weight excluding hydrogens is 275 g/mol. The van der Waals surface area contributed by atoms with Gasteiger partial charge in [0.05, 0.1) is 5.92 Å². The predicted molar refractivity (Wildman–Crippen MR) is 63.9 cm³/mol. The van der Waals surface area contributed by atoms with Gasteiger partial charge in [0.15, 0.2) is 0 Å². The van der Waals surface area contributed by atoms with Gasteiger partial charge in [-0.25, -0.2) is 4.79 Å². The van der Waals surface area contributed by atoms with Crippen LogP contribution in [0.4, 0.5) is 13.2 Å². The number of rotatable bonds is 2. The van der Waals surface area contributed by atoms with Crippen LogP contribution in [0.15, 0.2) is 0 Å². The number of alkyl halides is 3. The summed E-state index contributed by atoms with van der Waals surface area (Å²) in [7, 11) is 0. The summed E-state index contributed by atoms with van der Waals surface area (Å²) >= 11 is 0. The molecular formula is C13H18F3NO3. The molecule has 1 saturated carbocycles. The van der Waals surface area contributed by atoms with E-state index in [4.69, 9.17) is 5.11 Å². The van der Waals surface area contributed by atoms with Gasteiger partial charge in [-0.3, -0.25) is 4.79 Å². The molecule has 1 N–H and O–H groups in total. The van der Waals surface area contributed by atoms with Crippen LogP contribution in [0.2, 0.25) is 0 Å². The highest BCUT2D eigenvalue weighted by Crippen LogP contribution is 2.41. The topological polar surface area (TPSA) is 57.6 Å². The van der Waals surface area contributed by atoms with E-state index < -0.39 is 35.9 Å². The summed E-state index contributed by atoms with van der Waals surface area (Å²) in [5, 5.41) is 9.04. The predicted octanol–water partition coefficient (Wildman–Crippen LogP) is 2.43. The van der Waals surface area contributed by atoms with Gasteiger partial charge >= 0.3 is 12.1 Å². The number of carboxylic acids is 1. The molecule has 1 aliphatic heterocycles. The molecule has 3 atom stereocenters. The summed E-state index contributed by atoms with van der Waals surface area (Å²) in [5.41, 5.74) is 0. The molecule has 4 nitrogen and oxygen atoms in total. The molecule has 1 heterocycles. The van der Waals surface area contributed by atoms with Crippen LogP contribution in [-0.2, 0) is 9.59 Å². The van der Waals surface area contributed by atoms with Gasteiger partial charge in [0.2, 0.25) is 5.91 Å². The number of hydrogen-bond acceptors (Lipinski definition) is 2. The Bertz CT molecular complexity index is 397. The third kappa shape index (κ3) is 3.07. The van der Waals surface area contributed by atoms with Gasteiger partial charge in [0.25, 0.3) is 0 Å². The van der Waals surface area contributed by atoms with Gasteiger partial charge < -0.3 is 10.0 Å². The Labute approximate surface area is 114 Å². The Morgan fingerprint density at radius 2 is 1.80 bits per heavy atom. The number of halogens is 3. The minimum Gasteiger partial charge on any atom is -0.480 e. The van der Waals surface area contributed by atoms with Crippen molar-refractivity contribution < 1.29 is 27.9 Å². The third-order valence-electron chi connectivity index (χ3n) is 4.31. The lowest BCUT2D eigenvalue weighted by molar-refractivity contribution is -0.187. The van der Waals surface area contributed by atoms with Crippen molar-refractivity contribution in [3.05, 3.63) is 0 Å². The minimum atomic E-state index is -4.27. The average molecular weight is 293 g/mol. The molecule has 0 aromatic rings. The Morgan fingerprint density at radius 3 is 2.40 bits per heavy atom. The molecule has 20 heavy (non-hydrogen) atoms. The van der Waals surface area contributed by atoms with Crippen molar-refractivity contribution in [2.45, 2.75) is 50.7 Å². The fourth-order valence-corrected chi connectivity index (χ4v) is 3.23. The van der Waals surface area contributed by atoms with Crippen LogP contribution in [0.1, 0.15) is 38.5 Å². The SMILES string of the molecule is O=C(O)[C@H]1CCCN1C(=O)C1CCCC(C(F)(F)F)C1. The van der Waals surface area contributed by atoms with Gasteiger partial charge in [-0.2, -0.15) is 13.2 Å². The molecule has 0 bridgehead atoms. The summed E-state index contributed by atoms with van der Waals surface area (Å²) in [6.45, 7) is 0.336. The van der Waals surface area contributed by atoms with Crippen molar-refractivity contribution in [2.75, 3.05) is 6.54 Å². The largest absolute Gasteiger partial charge is 0.480 e. The molecule has 1 aliphatic carbocycles. The molecule has 114 valence electrons. The van der Waals surface area contributed by atoms with Crippen molar-refractivity contribution in [1.29, 1.82) is 0 Å². The van der Waals surface area contributed by atoms with Crippen LogP contribution >= 0.6 is 0 Å². The summed E-state index contributed by atoms with van der Waals surface area (Å²) < 4.78 is 38.2. The van der Waals surface area contributed by atoms with Crippen LogP contribution in [-0.4, -0.2) is 40.6 Å². The molecule has 2 fully saturated rings. The molecule has 1 saturated heterocycles. The van der Waals surface area contributed by atoms with Crippen LogP contribution in [0.5, 0.6) is 0 Å². The van der Waals surface area contributed by atoms with Gasteiger partial charge in [-0.1, -0.05) is 6.42 Å². The van der Waals surface area contributed by atoms with E-state index in [1.54, 1.807) is 0 Å². The maximum atomic E-state index is 12.7. The summed E-state index contributed by atoms with van der Waals surface area (Å²) in [5.74, 6) is -3.60. The maximum absolute atomic E-state index is 12.7. The number of aliphatic carboxylic acids is 1. The Hall–Kier alpha value is -1.27. The fraction of sp³-hybridized carbons (Fsp3) is 0.846. The van der Waals surface area contributed by atoms with Crippen molar-refractivity contribution >= 4 is 11.9 Å². The van der Waals surface area contributed by atoms with E-state index in [-0.39, 0.29) is 12.8 Å². The number of carbonyl (C=O) groups excluding carboxylic acids is 1. The van der Waals surface area contributed by atoms with Crippen molar-refractivity contribution in [2.24, 2.45) is 11.8 Å². The summed E-state index contributed by atoms with van der Waals surface area (Å²) in [4.78, 5) is 24.6. The van der Waals surface area contributed by atoms with E-state index in [1.807, 2.05) is 0 Å². The maximum Gasteiger partial charge on any atom is 0.391 e. The zero-order valence-electron chi connectivity index (χ0n) is 11.0. The number of carbonyl (C=O) groups is 2. The number of carboxylic acid groups (broad SMARTS) is 1. The highest BCUT2D eigenvalue weighted by molar-refractivity contribution is 5.85. The van der Waals surface area contributed by atoms with Gasteiger partial charge in [0, 0.05) is 12.5 Å². The number of hydrogen-bond donors (Lipinski definition) is 1. The zero-order chi connectivity index (χ0) is 14.9. The Balaban J connectivity index is 2.03. The molecule has 0 radical (unpaired) electrons.